The molecular weight excluding hydrogens is 306 g/mol. The molecular formula is C16H21BF3NO2. The number of aromatic nitrogens is 1. The van der Waals surface area contributed by atoms with Gasteiger partial charge in [0.2, 0.25) is 0 Å². The van der Waals surface area contributed by atoms with Gasteiger partial charge >= 0.3 is 13.3 Å². The Hall–Kier alpha value is -1.08. The Balaban J connectivity index is 1.99. The highest BCUT2D eigenvalue weighted by atomic mass is 19.4. The average Bonchev–Trinajstić information content (AvgIpc) is 2.55. The second-order valence-electron chi connectivity index (χ2n) is 7.42. The fraction of sp³-hybridized carbons (Fsp3) is 0.688. The van der Waals surface area contributed by atoms with Crippen LogP contribution < -0.4 is 5.59 Å². The normalized spacial score (nSPS) is 23.9. The van der Waals surface area contributed by atoms with E-state index >= 15 is 0 Å². The third-order valence-corrected chi connectivity index (χ3v) is 5.23. The third-order valence-electron chi connectivity index (χ3n) is 5.23. The first-order valence-corrected chi connectivity index (χ1v) is 7.94. The molecule has 7 heteroatoms. The molecule has 1 saturated carbocycles. The fourth-order valence-corrected chi connectivity index (χ4v) is 2.78. The second kappa shape index (κ2) is 5.21. The molecule has 0 atom stereocenters. The maximum Gasteiger partial charge on any atom is 0.514 e. The monoisotopic (exact) mass is 327 g/mol. The van der Waals surface area contributed by atoms with Gasteiger partial charge in [0.05, 0.1) is 16.8 Å². The number of pyridine rings is 1. The van der Waals surface area contributed by atoms with Gasteiger partial charge in [-0.15, -0.1) is 0 Å². The summed E-state index contributed by atoms with van der Waals surface area (Å²) in [5, 5.41) is 0. The van der Waals surface area contributed by atoms with E-state index < -0.39 is 30.2 Å². The Bertz CT molecular complexity index is 596. The van der Waals surface area contributed by atoms with Gasteiger partial charge in [-0.1, -0.05) is 6.42 Å². The highest BCUT2D eigenvalue weighted by Gasteiger charge is 2.53. The van der Waals surface area contributed by atoms with E-state index in [4.69, 9.17) is 9.31 Å². The van der Waals surface area contributed by atoms with Gasteiger partial charge in [-0.2, -0.15) is 13.2 Å². The van der Waals surface area contributed by atoms with Crippen LogP contribution in [0.1, 0.15) is 64.1 Å². The lowest BCUT2D eigenvalue weighted by Crippen LogP contribution is -2.41. The minimum atomic E-state index is -4.47. The Morgan fingerprint density at radius 1 is 1.09 bits per heavy atom. The highest BCUT2D eigenvalue weighted by molar-refractivity contribution is 6.61. The van der Waals surface area contributed by atoms with Crippen LogP contribution in [-0.2, 0) is 15.5 Å². The highest BCUT2D eigenvalue weighted by Crippen LogP contribution is 2.39. The molecule has 1 aliphatic carbocycles. The van der Waals surface area contributed by atoms with Crippen LogP contribution in [0.2, 0.25) is 0 Å². The first-order chi connectivity index (χ1) is 10.5. The lowest BCUT2D eigenvalue weighted by atomic mass is 9.76. The van der Waals surface area contributed by atoms with E-state index in [1.807, 2.05) is 27.7 Å². The molecule has 0 amide bonds. The van der Waals surface area contributed by atoms with Crippen molar-refractivity contribution < 1.29 is 22.5 Å². The van der Waals surface area contributed by atoms with Gasteiger partial charge in [0.1, 0.15) is 5.69 Å². The van der Waals surface area contributed by atoms with E-state index in [9.17, 15) is 13.2 Å². The van der Waals surface area contributed by atoms with E-state index in [-0.39, 0.29) is 11.5 Å². The van der Waals surface area contributed by atoms with Crippen molar-refractivity contribution in [2.75, 3.05) is 0 Å². The van der Waals surface area contributed by atoms with Crippen LogP contribution in [0.25, 0.3) is 0 Å². The molecule has 0 bridgehead atoms. The van der Waals surface area contributed by atoms with Crippen LogP contribution in [0.15, 0.2) is 12.1 Å². The molecule has 1 aliphatic heterocycles. The lowest BCUT2D eigenvalue weighted by Gasteiger charge is -2.32. The fourth-order valence-electron chi connectivity index (χ4n) is 2.78. The number of alkyl halides is 3. The Labute approximate surface area is 134 Å². The molecule has 2 heterocycles. The molecule has 0 radical (unpaired) electrons. The Morgan fingerprint density at radius 2 is 1.65 bits per heavy atom. The van der Waals surface area contributed by atoms with E-state index in [0.717, 1.165) is 19.3 Å². The second-order valence-corrected chi connectivity index (χ2v) is 7.42. The third kappa shape index (κ3) is 3.01. The average molecular weight is 327 g/mol. The summed E-state index contributed by atoms with van der Waals surface area (Å²) >= 11 is 0. The first kappa shape index (κ1) is 16.8. The molecule has 23 heavy (non-hydrogen) atoms. The van der Waals surface area contributed by atoms with Crippen LogP contribution in [-0.4, -0.2) is 23.3 Å². The molecule has 126 valence electrons. The van der Waals surface area contributed by atoms with Crippen molar-refractivity contribution in [3.63, 3.8) is 0 Å². The number of nitrogens with zero attached hydrogens (tertiary/aromatic N) is 1. The zero-order valence-corrected chi connectivity index (χ0v) is 13.8. The standard InChI is InChI=1S/C16H21BF3NO2/c1-14(2)15(3,4)23-17(22-14)13-9-11(10-6-5-7-10)8-12(21-13)16(18,19)20/h8-10H,5-7H2,1-4H3. The Kier molecular flexibility index (Phi) is 3.80. The van der Waals surface area contributed by atoms with Crippen molar-refractivity contribution in [2.45, 2.75) is 70.3 Å². The largest absolute Gasteiger partial charge is 0.514 e. The maximum atomic E-state index is 13.2. The van der Waals surface area contributed by atoms with Crippen LogP contribution in [0.4, 0.5) is 13.2 Å². The number of halogens is 3. The van der Waals surface area contributed by atoms with E-state index in [1.54, 1.807) is 6.07 Å². The molecule has 1 saturated heterocycles. The van der Waals surface area contributed by atoms with Crippen LogP contribution in [0.3, 0.4) is 0 Å². The zero-order chi connectivity index (χ0) is 17.0. The van der Waals surface area contributed by atoms with E-state index in [0.29, 0.717) is 5.56 Å². The summed E-state index contributed by atoms with van der Waals surface area (Å²) in [6, 6.07) is 2.87. The smallest absolute Gasteiger partial charge is 0.398 e. The summed E-state index contributed by atoms with van der Waals surface area (Å²) in [6.45, 7) is 7.47. The summed E-state index contributed by atoms with van der Waals surface area (Å²) in [4.78, 5) is 3.78. The van der Waals surface area contributed by atoms with Crippen molar-refractivity contribution in [3.05, 3.63) is 23.4 Å². The summed E-state index contributed by atoms with van der Waals surface area (Å²) in [6.07, 6.45) is -1.58. The summed E-state index contributed by atoms with van der Waals surface area (Å²) in [7, 11) is -0.874. The number of rotatable bonds is 2. The predicted molar refractivity (Wildman–Crippen MR) is 81.5 cm³/mol. The van der Waals surface area contributed by atoms with Gasteiger partial charge in [-0.05, 0) is 64.2 Å². The summed E-state index contributed by atoms with van der Waals surface area (Å²) in [5.74, 6) is 0.181. The van der Waals surface area contributed by atoms with Gasteiger partial charge in [-0.3, -0.25) is 4.98 Å². The van der Waals surface area contributed by atoms with Gasteiger partial charge in [0, 0.05) is 0 Å². The number of hydrogen-bond acceptors (Lipinski definition) is 3. The Morgan fingerprint density at radius 3 is 2.09 bits per heavy atom. The van der Waals surface area contributed by atoms with Crippen molar-refractivity contribution in [3.8, 4) is 0 Å². The predicted octanol–water partition coefficient (Wildman–Crippen LogP) is 3.67. The maximum absolute atomic E-state index is 13.2. The van der Waals surface area contributed by atoms with E-state index in [1.165, 1.54) is 6.07 Å². The zero-order valence-electron chi connectivity index (χ0n) is 13.8. The molecule has 0 spiro atoms. The molecule has 3 rings (SSSR count). The van der Waals surface area contributed by atoms with Crippen LogP contribution in [0, 0.1) is 0 Å². The SMILES string of the molecule is CC1(C)OB(c2cc(C3CCC3)cc(C(F)(F)F)n2)OC1(C)C. The molecule has 0 unspecified atom stereocenters. The minimum Gasteiger partial charge on any atom is -0.398 e. The molecule has 2 aliphatic rings. The van der Waals surface area contributed by atoms with Gasteiger partial charge in [0.25, 0.3) is 0 Å². The summed E-state index contributed by atoms with van der Waals surface area (Å²) < 4.78 is 51.2. The van der Waals surface area contributed by atoms with Crippen molar-refractivity contribution in [1.29, 1.82) is 0 Å². The van der Waals surface area contributed by atoms with Gasteiger partial charge < -0.3 is 9.31 Å². The first-order valence-electron chi connectivity index (χ1n) is 7.94. The van der Waals surface area contributed by atoms with E-state index in [2.05, 4.69) is 4.98 Å². The van der Waals surface area contributed by atoms with Gasteiger partial charge in [0.15, 0.2) is 0 Å². The summed E-state index contributed by atoms with van der Waals surface area (Å²) in [5.41, 5.74) is -1.19. The minimum absolute atomic E-state index is 0.181. The quantitative estimate of drug-likeness (QED) is 0.777. The topological polar surface area (TPSA) is 31.4 Å². The number of hydrogen-bond donors (Lipinski definition) is 0. The molecule has 1 aromatic rings. The molecule has 1 aromatic heterocycles. The molecule has 0 N–H and O–H groups in total. The van der Waals surface area contributed by atoms with Crippen molar-refractivity contribution in [1.82, 2.24) is 4.98 Å². The lowest BCUT2D eigenvalue weighted by molar-refractivity contribution is -0.141. The van der Waals surface area contributed by atoms with Crippen LogP contribution >= 0.6 is 0 Å². The van der Waals surface area contributed by atoms with Crippen LogP contribution in [0.5, 0.6) is 0 Å². The van der Waals surface area contributed by atoms with Crippen molar-refractivity contribution >= 4 is 12.7 Å². The van der Waals surface area contributed by atoms with Crippen molar-refractivity contribution in [2.24, 2.45) is 0 Å². The van der Waals surface area contributed by atoms with Gasteiger partial charge in [-0.25, -0.2) is 0 Å². The molecule has 0 aromatic carbocycles. The molecule has 3 nitrogen and oxygen atoms in total. The molecule has 2 fully saturated rings.